The van der Waals surface area contributed by atoms with Gasteiger partial charge in [-0.05, 0) is 21.0 Å². The number of halogens is 1. The third kappa shape index (κ3) is 10.0. The first kappa shape index (κ1) is 16.1. The van der Waals surface area contributed by atoms with Crippen molar-refractivity contribution in [3.05, 3.63) is 0 Å². The number of urea groups is 1. The highest BCUT2D eigenvalue weighted by Gasteiger charge is 2.11. The van der Waals surface area contributed by atoms with Gasteiger partial charge in [-0.15, -0.1) is 11.6 Å². The second-order valence-electron chi connectivity index (χ2n) is 3.78. The van der Waals surface area contributed by atoms with Crippen molar-refractivity contribution < 1.29 is 14.3 Å². The topological polar surface area (TPSA) is 70.7 Å². The molecule has 100 valence electrons. The maximum Gasteiger partial charge on any atom is 0.321 e. The predicted octanol–water partition coefficient (Wildman–Crippen LogP) is 0.0177. The molecule has 7 heteroatoms. The number of amides is 3. The molecule has 17 heavy (non-hydrogen) atoms. The Kier molecular flexibility index (Phi) is 8.75. The summed E-state index contributed by atoms with van der Waals surface area (Å²) < 4.78 is 5.25. The van der Waals surface area contributed by atoms with Crippen LogP contribution in [-0.4, -0.2) is 62.6 Å². The van der Waals surface area contributed by atoms with Gasteiger partial charge >= 0.3 is 6.03 Å². The summed E-state index contributed by atoms with van der Waals surface area (Å²) in [5, 5.41) is 3.87. The zero-order valence-electron chi connectivity index (χ0n) is 10.5. The van der Waals surface area contributed by atoms with Gasteiger partial charge in [0.1, 0.15) is 5.38 Å². The number of ether oxygens (including phenoxy) is 1. The molecule has 0 aliphatic rings. The fourth-order valence-corrected chi connectivity index (χ4v) is 0.896. The first-order valence-corrected chi connectivity index (χ1v) is 5.82. The van der Waals surface area contributed by atoms with Crippen LogP contribution in [0.3, 0.4) is 0 Å². The average molecular weight is 266 g/mol. The van der Waals surface area contributed by atoms with Crippen molar-refractivity contribution in [3.8, 4) is 0 Å². The van der Waals surface area contributed by atoms with Crippen molar-refractivity contribution in [3.63, 3.8) is 0 Å². The molecule has 1 unspecified atom stereocenters. The number of hydrogen-bond donors (Lipinski definition) is 2. The van der Waals surface area contributed by atoms with Crippen LogP contribution in [0.1, 0.15) is 6.92 Å². The molecule has 3 amide bonds. The van der Waals surface area contributed by atoms with E-state index in [4.69, 9.17) is 16.3 Å². The molecule has 0 aromatic rings. The Morgan fingerprint density at radius 2 is 2.00 bits per heavy atom. The second kappa shape index (κ2) is 9.21. The summed E-state index contributed by atoms with van der Waals surface area (Å²) in [6.07, 6.45) is 0. The Bertz CT molecular complexity index is 247. The highest BCUT2D eigenvalue weighted by Crippen LogP contribution is 1.91. The SMILES string of the molecule is CC(Cl)C(=O)NC(=O)NCCOCCN(C)C. The van der Waals surface area contributed by atoms with E-state index in [1.807, 2.05) is 19.0 Å². The minimum atomic E-state index is -0.725. The Balaban J connectivity index is 3.43. The molecular weight excluding hydrogens is 246 g/mol. The Hall–Kier alpha value is -0.850. The van der Waals surface area contributed by atoms with Crippen LogP contribution < -0.4 is 10.6 Å². The van der Waals surface area contributed by atoms with Gasteiger partial charge in [0.25, 0.3) is 0 Å². The Morgan fingerprint density at radius 3 is 2.53 bits per heavy atom. The first-order chi connectivity index (χ1) is 7.93. The van der Waals surface area contributed by atoms with Gasteiger partial charge in [0, 0.05) is 13.1 Å². The lowest BCUT2D eigenvalue weighted by atomic mass is 10.4. The zero-order chi connectivity index (χ0) is 13.3. The van der Waals surface area contributed by atoms with Crippen LogP contribution in [0.4, 0.5) is 4.79 Å². The molecule has 0 aliphatic heterocycles. The molecular formula is C10H20ClN3O3. The van der Waals surface area contributed by atoms with Crippen molar-refractivity contribution in [1.82, 2.24) is 15.5 Å². The van der Waals surface area contributed by atoms with Crippen LogP contribution in [0.2, 0.25) is 0 Å². The number of imide groups is 1. The maximum absolute atomic E-state index is 11.1. The van der Waals surface area contributed by atoms with Gasteiger partial charge in [0.2, 0.25) is 5.91 Å². The van der Waals surface area contributed by atoms with Gasteiger partial charge < -0.3 is 15.0 Å². The van der Waals surface area contributed by atoms with Crippen molar-refractivity contribution in [2.75, 3.05) is 40.4 Å². The third-order valence-corrected chi connectivity index (χ3v) is 2.01. The van der Waals surface area contributed by atoms with Gasteiger partial charge in [-0.2, -0.15) is 0 Å². The summed E-state index contributed by atoms with van der Waals surface area (Å²) in [4.78, 5) is 24.2. The predicted molar refractivity (Wildman–Crippen MR) is 66.2 cm³/mol. The molecule has 2 N–H and O–H groups in total. The van der Waals surface area contributed by atoms with E-state index >= 15 is 0 Å². The number of hydrogen-bond acceptors (Lipinski definition) is 4. The summed E-state index contributed by atoms with van der Waals surface area (Å²) in [5.41, 5.74) is 0. The Labute approximate surface area is 107 Å². The fourth-order valence-electron chi connectivity index (χ4n) is 0.841. The summed E-state index contributed by atoms with van der Waals surface area (Å²) in [6, 6.07) is -0.557. The number of alkyl halides is 1. The van der Waals surface area contributed by atoms with E-state index < -0.39 is 17.3 Å². The van der Waals surface area contributed by atoms with Crippen molar-refractivity contribution >= 4 is 23.5 Å². The van der Waals surface area contributed by atoms with Crippen LogP contribution in [0.5, 0.6) is 0 Å². The highest BCUT2D eigenvalue weighted by atomic mass is 35.5. The van der Waals surface area contributed by atoms with Crippen LogP contribution in [0, 0.1) is 0 Å². The van der Waals surface area contributed by atoms with Gasteiger partial charge in [-0.1, -0.05) is 0 Å². The quantitative estimate of drug-likeness (QED) is 0.503. The lowest BCUT2D eigenvalue weighted by Gasteiger charge is -2.10. The number of nitrogens with one attached hydrogen (secondary N) is 2. The summed E-state index contributed by atoms with van der Waals surface area (Å²) in [7, 11) is 3.90. The largest absolute Gasteiger partial charge is 0.378 e. The molecule has 0 saturated carbocycles. The monoisotopic (exact) mass is 265 g/mol. The lowest BCUT2D eigenvalue weighted by Crippen LogP contribution is -2.43. The van der Waals surface area contributed by atoms with Crippen LogP contribution in [-0.2, 0) is 9.53 Å². The summed E-state index contributed by atoms with van der Waals surface area (Å²) in [5.74, 6) is -0.516. The van der Waals surface area contributed by atoms with Gasteiger partial charge in [-0.25, -0.2) is 4.79 Å². The number of likely N-dealkylation sites (N-methyl/N-ethyl adjacent to an activating group) is 1. The third-order valence-electron chi connectivity index (χ3n) is 1.81. The van der Waals surface area contributed by atoms with Crippen LogP contribution in [0.15, 0.2) is 0 Å². The van der Waals surface area contributed by atoms with Crippen LogP contribution in [0.25, 0.3) is 0 Å². The van der Waals surface area contributed by atoms with Crippen molar-refractivity contribution in [2.45, 2.75) is 12.3 Å². The maximum atomic E-state index is 11.1. The standard InChI is InChI=1S/C10H20ClN3O3/c1-8(11)9(15)13-10(16)12-4-6-17-7-5-14(2)3/h8H,4-7H2,1-3H3,(H2,12,13,15,16). The summed E-state index contributed by atoms with van der Waals surface area (Å²) >= 11 is 5.48. The highest BCUT2D eigenvalue weighted by molar-refractivity contribution is 6.31. The first-order valence-electron chi connectivity index (χ1n) is 5.38. The van der Waals surface area contributed by atoms with E-state index in [0.717, 1.165) is 6.54 Å². The van der Waals surface area contributed by atoms with Crippen LogP contribution >= 0.6 is 11.6 Å². The number of rotatable bonds is 7. The summed E-state index contributed by atoms with van der Waals surface area (Å²) in [6.45, 7) is 3.69. The van der Waals surface area contributed by atoms with E-state index in [2.05, 4.69) is 10.6 Å². The minimum Gasteiger partial charge on any atom is -0.378 e. The van der Waals surface area contributed by atoms with E-state index in [1.54, 1.807) is 0 Å². The Morgan fingerprint density at radius 1 is 1.35 bits per heavy atom. The molecule has 0 bridgehead atoms. The molecule has 0 aromatic carbocycles. The average Bonchev–Trinajstić information content (AvgIpc) is 2.22. The molecule has 0 saturated heterocycles. The van der Waals surface area contributed by atoms with Crippen molar-refractivity contribution in [1.29, 1.82) is 0 Å². The van der Waals surface area contributed by atoms with Gasteiger partial charge in [0.15, 0.2) is 0 Å². The molecule has 0 aromatic heterocycles. The molecule has 6 nitrogen and oxygen atoms in total. The molecule has 1 atom stereocenters. The second-order valence-corrected chi connectivity index (χ2v) is 4.43. The zero-order valence-corrected chi connectivity index (χ0v) is 11.2. The van der Waals surface area contributed by atoms with E-state index in [0.29, 0.717) is 19.8 Å². The van der Waals surface area contributed by atoms with E-state index in [9.17, 15) is 9.59 Å². The molecule has 0 aliphatic carbocycles. The number of carbonyl (C=O) groups excluding carboxylic acids is 2. The number of carbonyl (C=O) groups is 2. The van der Waals surface area contributed by atoms with Gasteiger partial charge in [0.05, 0.1) is 13.2 Å². The lowest BCUT2D eigenvalue weighted by molar-refractivity contribution is -0.119. The molecule has 0 heterocycles. The van der Waals surface area contributed by atoms with E-state index in [-0.39, 0.29) is 0 Å². The minimum absolute atomic E-state index is 0.350. The molecule has 0 rings (SSSR count). The van der Waals surface area contributed by atoms with Gasteiger partial charge in [-0.3, -0.25) is 10.1 Å². The smallest absolute Gasteiger partial charge is 0.321 e. The van der Waals surface area contributed by atoms with E-state index in [1.165, 1.54) is 6.92 Å². The molecule has 0 radical (unpaired) electrons. The molecule has 0 spiro atoms. The van der Waals surface area contributed by atoms with Crippen molar-refractivity contribution in [2.24, 2.45) is 0 Å². The number of nitrogens with zero attached hydrogens (tertiary/aromatic N) is 1. The fraction of sp³-hybridized carbons (Fsp3) is 0.800. The normalized spacial score (nSPS) is 12.3. The molecule has 0 fully saturated rings.